The topological polar surface area (TPSA) is 66.6 Å². The molecule has 4 saturated carbocycles. The second-order valence-corrected chi connectivity index (χ2v) is 8.51. The van der Waals surface area contributed by atoms with Gasteiger partial charge in [0.2, 0.25) is 5.91 Å². The first kappa shape index (κ1) is 15.2. The summed E-state index contributed by atoms with van der Waals surface area (Å²) in [5.41, 5.74) is -0.839. The molecule has 1 heterocycles. The molecule has 0 unspecified atom stereocenters. The summed E-state index contributed by atoms with van der Waals surface area (Å²) in [5, 5.41) is 14.8. The smallest absolute Gasteiger partial charge is 0.229 e. The minimum Gasteiger partial charge on any atom is -0.390 e. The van der Waals surface area contributed by atoms with Crippen molar-refractivity contribution < 1.29 is 14.4 Å². The molecule has 0 aliphatic heterocycles. The van der Waals surface area contributed by atoms with Gasteiger partial charge in [-0.05, 0) is 49.9 Å². The molecule has 23 heavy (non-hydrogen) atoms. The van der Waals surface area contributed by atoms with Crippen molar-refractivity contribution in [3.8, 4) is 0 Å². The second-order valence-electron chi connectivity index (χ2n) is 8.51. The van der Waals surface area contributed by atoms with Crippen LogP contribution in [-0.4, -0.2) is 33.7 Å². The Kier molecular flexibility index (Phi) is 3.18. The number of amides is 1. The Morgan fingerprint density at radius 1 is 1.39 bits per heavy atom. The standard InChI is InChI=1S/C18H26N2O3/c1-3-16-6-13-7-17(10-16,12-18(22,8-13)11-16)15(21)20(2)9-14-4-5-19-23-14/h4-5,13,22H,3,6-12H2,1-2H3/t13-,16+,17-,18-/m1/s1. The molecule has 126 valence electrons. The second kappa shape index (κ2) is 4.82. The molecule has 1 amide bonds. The lowest BCUT2D eigenvalue weighted by Gasteiger charge is -2.64. The third-order valence-corrected chi connectivity index (χ3v) is 6.59. The van der Waals surface area contributed by atoms with E-state index in [1.807, 2.05) is 7.05 Å². The summed E-state index contributed by atoms with van der Waals surface area (Å²) >= 11 is 0. The lowest BCUT2D eigenvalue weighted by Crippen LogP contribution is -2.63. The Morgan fingerprint density at radius 3 is 2.87 bits per heavy atom. The zero-order chi connectivity index (χ0) is 16.3. The molecule has 1 N–H and O–H groups in total. The first-order valence-electron chi connectivity index (χ1n) is 8.75. The van der Waals surface area contributed by atoms with Crippen molar-refractivity contribution >= 4 is 5.91 Å². The molecule has 0 radical (unpaired) electrons. The van der Waals surface area contributed by atoms with E-state index < -0.39 is 5.60 Å². The van der Waals surface area contributed by atoms with E-state index in [0.717, 1.165) is 32.1 Å². The highest BCUT2D eigenvalue weighted by molar-refractivity contribution is 5.83. The molecule has 0 saturated heterocycles. The Balaban J connectivity index is 1.61. The van der Waals surface area contributed by atoms with E-state index in [1.165, 1.54) is 6.42 Å². The highest BCUT2D eigenvalue weighted by Gasteiger charge is 2.65. The molecule has 4 aliphatic carbocycles. The normalized spacial score (nSPS) is 41.3. The van der Waals surface area contributed by atoms with Gasteiger partial charge in [0.25, 0.3) is 0 Å². The van der Waals surface area contributed by atoms with E-state index in [2.05, 4.69) is 12.1 Å². The van der Waals surface area contributed by atoms with Crippen LogP contribution in [0.4, 0.5) is 0 Å². The van der Waals surface area contributed by atoms with Crippen LogP contribution in [0.5, 0.6) is 0 Å². The van der Waals surface area contributed by atoms with Gasteiger partial charge in [-0.15, -0.1) is 0 Å². The van der Waals surface area contributed by atoms with Crippen LogP contribution >= 0.6 is 0 Å². The highest BCUT2D eigenvalue weighted by atomic mass is 16.5. The first-order valence-corrected chi connectivity index (χ1v) is 8.75. The van der Waals surface area contributed by atoms with Crippen molar-refractivity contribution in [2.45, 2.75) is 64.0 Å². The van der Waals surface area contributed by atoms with Crippen LogP contribution in [0.2, 0.25) is 0 Å². The molecular formula is C18H26N2O3. The average Bonchev–Trinajstić information content (AvgIpc) is 2.96. The van der Waals surface area contributed by atoms with Gasteiger partial charge in [-0.1, -0.05) is 18.5 Å². The Morgan fingerprint density at radius 2 is 2.22 bits per heavy atom. The van der Waals surface area contributed by atoms with Crippen molar-refractivity contribution in [1.82, 2.24) is 10.1 Å². The Labute approximate surface area is 137 Å². The van der Waals surface area contributed by atoms with Gasteiger partial charge in [0.05, 0.1) is 23.8 Å². The molecule has 0 aromatic carbocycles. The van der Waals surface area contributed by atoms with Gasteiger partial charge in [-0.2, -0.15) is 0 Å². The quantitative estimate of drug-likeness (QED) is 0.927. The van der Waals surface area contributed by atoms with E-state index >= 15 is 0 Å². The van der Waals surface area contributed by atoms with Gasteiger partial charge in [0.1, 0.15) is 0 Å². The summed E-state index contributed by atoms with van der Waals surface area (Å²) in [6, 6.07) is 1.80. The van der Waals surface area contributed by atoms with Gasteiger partial charge in [-0.3, -0.25) is 4.79 Å². The molecule has 5 rings (SSSR count). The van der Waals surface area contributed by atoms with Crippen molar-refractivity contribution in [3.05, 3.63) is 18.0 Å². The van der Waals surface area contributed by atoms with Gasteiger partial charge in [0, 0.05) is 13.1 Å². The summed E-state index contributed by atoms with van der Waals surface area (Å²) in [5.74, 6) is 1.38. The molecular weight excluding hydrogens is 292 g/mol. The summed E-state index contributed by atoms with van der Waals surface area (Å²) in [6.07, 6.45) is 8.14. The zero-order valence-electron chi connectivity index (χ0n) is 14.0. The number of carbonyl (C=O) groups is 1. The van der Waals surface area contributed by atoms with E-state index in [1.54, 1.807) is 17.2 Å². The maximum atomic E-state index is 13.3. The van der Waals surface area contributed by atoms with Gasteiger partial charge < -0.3 is 14.5 Å². The van der Waals surface area contributed by atoms with Crippen LogP contribution in [0.3, 0.4) is 0 Å². The van der Waals surface area contributed by atoms with Crippen molar-refractivity contribution in [1.29, 1.82) is 0 Å². The fourth-order valence-electron chi connectivity index (χ4n) is 6.25. The van der Waals surface area contributed by atoms with E-state index in [4.69, 9.17) is 4.52 Å². The maximum Gasteiger partial charge on any atom is 0.229 e. The third kappa shape index (κ3) is 2.32. The number of hydrogen-bond acceptors (Lipinski definition) is 4. The molecule has 4 aliphatic rings. The van der Waals surface area contributed by atoms with E-state index in [-0.39, 0.29) is 16.7 Å². The lowest BCUT2D eigenvalue weighted by atomic mass is 9.42. The zero-order valence-corrected chi connectivity index (χ0v) is 14.0. The minimum absolute atomic E-state index is 0.164. The maximum absolute atomic E-state index is 13.3. The van der Waals surface area contributed by atoms with Gasteiger partial charge >= 0.3 is 0 Å². The summed E-state index contributed by atoms with van der Waals surface area (Å²) < 4.78 is 5.14. The molecule has 4 atom stereocenters. The third-order valence-electron chi connectivity index (χ3n) is 6.59. The monoisotopic (exact) mass is 318 g/mol. The molecule has 5 heteroatoms. The summed E-state index contributed by atoms with van der Waals surface area (Å²) in [4.78, 5) is 15.0. The van der Waals surface area contributed by atoms with E-state index in [9.17, 15) is 9.90 Å². The average molecular weight is 318 g/mol. The van der Waals surface area contributed by atoms with Crippen LogP contribution in [0.1, 0.15) is 57.6 Å². The largest absolute Gasteiger partial charge is 0.390 e. The Bertz CT molecular complexity index is 616. The fourth-order valence-corrected chi connectivity index (χ4v) is 6.25. The minimum atomic E-state index is -0.627. The number of aromatic nitrogens is 1. The van der Waals surface area contributed by atoms with Crippen molar-refractivity contribution in [2.24, 2.45) is 16.7 Å². The van der Waals surface area contributed by atoms with Crippen LogP contribution in [-0.2, 0) is 11.3 Å². The number of hydrogen-bond donors (Lipinski definition) is 1. The number of aliphatic hydroxyl groups is 1. The van der Waals surface area contributed by atoms with Crippen molar-refractivity contribution in [3.63, 3.8) is 0 Å². The van der Waals surface area contributed by atoms with E-state index in [0.29, 0.717) is 24.6 Å². The fraction of sp³-hybridized carbons (Fsp3) is 0.778. The lowest BCUT2D eigenvalue weighted by molar-refractivity contribution is -0.209. The SMILES string of the molecule is CC[C@@]12C[C@H]3C[C@@](O)(C1)C[C@@](C(=O)N(C)Cc1ccno1)(C3)C2. The van der Waals surface area contributed by atoms with Crippen LogP contribution in [0, 0.1) is 16.7 Å². The van der Waals surface area contributed by atoms with Crippen LogP contribution in [0.25, 0.3) is 0 Å². The molecule has 4 bridgehead atoms. The summed E-state index contributed by atoms with van der Waals surface area (Å²) in [6.45, 7) is 2.66. The molecule has 0 spiro atoms. The summed E-state index contributed by atoms with van der Waals surface area (Å²) in [7, 11) is 1.84. The van der Waals surface area contributed by atoms with Crippen LogP contribution in [0.15, 0.2) is 16.8 Å². The number of nitrogens with zero attached hydrogens (tertiary/aromatic N) is 2. The predicted molar refractivity (Wildman–Crippen MR) is 84.3 cm³/mol. The molecule has 1 aromatic heterocycles. The molecule has 4 fully saturated rings. The van der Waals surface area contributed by atoms with Crippen molar-refractivity contribution in [2.75, 3.05) is 7.05 Å². The van der Waals surface area contributed by atoms with Gasteiger partial charge in [-0.25, -0.2) is 0 Å². The van der Waals surface area contributed by atoms with Crippen LogP contribution < -0.4 is 0 Å². The molecule has 1 aromatic rings. The first-order chi connectivity index (χ1) is 10.9. The Hall–Kier alpha value is -1.36. The predicted octanol–water partition coefficient (Wildman–Crippen LogP) is 2.74. The highest BCUT2D eigenvalue weighted by Crippen LogP contribution is 2.67. The number of carbonyl (C=O) groups excluding carboxylic acids is 1. The number of rotatable bonds is 4. The van der Waals surface area contributed by atoms with Gasteiger partial charge in [0.15, 0.2) is 5.76 Å². The molecule has 5 nitrogen and oxygen atoms in total.